The summed E-state index contributed by atoms with van der Waals surface area (Å²) in [7, 11) is 0. The third-order valence-electron chi connectivity index (χ3n) is 2.08. The molecule has 0 aliphatic carbocycles. The van der Waals surface area contributed by atoms with Crippen LogP contribution in [0, 0.1) is 0 Å². The molecule has 13 heavy (non-hydrogen) atoms. The molecule has 1 aliphatic rings. The van der Waals surface area contributed by atoms with E-state index < -0.39 is 18.0 Å². The van der Waals surface area contributed by atoms with E-state index in [0.29, 0.717) is 6.42 Å². The SMILES string of the molecule is CCCCC1(C(F)F)C=CC(=O)O1. The van der Waals surface area contributed by atoms with Crippen LogP contribution in [-0.4, -0.2) is 18.0 Å². The van der Waals surface area contributed by atoms with Crippen LogP contribution >= 0.6 is 0 Å². The van der Waals surface area contributed by atoms with Gasteiger partial charge in [-0.25, -0.2) is 13.6 Å². The van der Waals surface area contributed by atoms with Crippen LogP contribution in [0.25, 0.3) is 0 Å². The van der Waals surface area contributed by atoms with Crippen molar-refractivity contribution in [2.45, 2.75) is 38.2 Å². The second-order valence-electron chi connectivity index (χ2n) is 3.11. The lowest BCUT2D eigenvalue weighted by Gasteiger charge is -2.25. The fourth-order valence-electron chi connectivity index (χ4n) is 1.28. The van der Waals surface area contributed by atoms with E-state index in [2.05, 4.69) is 4.74 Å². The van der Waals surface area contributed by atoms with Gasteiger partial charge in [0.25, 0.3) is 6.43 Å². The van der Waals surface area contributed by atoms with Gasteiger partial charge in [0.1, 0.15) is 0 Å². The second-order valence-corrected chi connectivity index (χ2v) is 3.11. The molecule has 0 aromatic heterocycles. The summed E-state index contributed by atoms with van der Waals surface area (Å²) < 4.78 is 29.7. The third-order valence-corrected chi connectivity index (χ3v) is 2.08. The lowest BCUT2D eigenvalue weighted by Crippen LogP contribution is -2.36. The zero-order valence-electron chi connectivity index (χ0n) is 7.43. The normalized spacial score (nSPS) is 26.9. The van der Waals surface area contributed by atoms with Crippen molar-refractivity contribution in [2.75, 3.05) is 0 Å². The first-order chi connectivity index (χ1) is 6.10. The number of ether oxygens (including phenoxy) is 1. The molecule has 0 bridgehead atoms. The number of alkyl halides is 2. The van der Waals surface area contributed by atoms with E-state index in [0.717, 1.165) is 12.5 Å². The van der Waals surface area contributed by atoms with Gasteiger partial charge in [0.2, 0.25) is 0 Å². The quantitative estimate of drug-likeness (QED) is 0.636. The van der Waals surface area contributed by atoms with Gasteiger partial charge in [0.15, 0.2) is 5.60 Å². The van der Waals surface area contributed by atoms with Crippen LogP contribution in [0.3, 0.4) is 0 Å². The van der Waals surface area contributed by atoms with Gasteiger partial charge in [-0.1, -0.05) is 13.3 Å². The standard InChI is InChI=1S/C9H12F2O2/c1-2-3-5-9(8(10)11)6-4-7(12)13-9/h4,6,8H,2-3,5H2,1H3. The number of carbonyl (C=O) groups is 1. The average Bonchev–Trinajstić information content (AvgIpc) is 2.45. The molecular formula is C9H12F2O2. The molecule has 0 fully saturated rings. The maximum Gasteiger partial charge on any atom is 0.331 e. The lowest BCUT2D eigenvalue weighted by atomic mass is 9.98. The fourth-order valence-corrected chi connectivity index (χ4v) is 1.28. The first-order valence-electron chi connectivity index (χ1n) is 4.31. The summed E-state index contributed by atoms with van der Waals surface area (Å²) in [6.07, 6.45) is 1.24. The molecule has 0 amide bonds. The van der Waals surface area contributed by atoms with Gasteiger partial charge in [0, 0.05) is 6.08 Å². The predicted octanol–water partition coefficient (Wildman–Crippen LogP) is 2.29. The number of rotatable bonds is 4. The molecule has 0 N–H and O–H groups in total. The first kappa shape index (κ1) is 10.2. The maximum absolute atomic E-state index is 12.6. The molecule has 0 radical (unpaired) electrons. The number of cyclic esters (lactones) is 1. The molecule has 0 saturated heterocycles. The molecule has 1 aliphatic heterocycles. The number of esters is 1. The average molecular weight is 190 g/mol. The van der Waals surface area contributed by atoms with E-state index in [9.17, 15) is 13.6 Å². The van der Waals surface area contributed by atoms with Crippen molar-refractivity contribution in [3.05, 3.63) is 12.2 Å². The minimum Gasteiger partial charge on any atom is -0.446 e. The first-order valence-corrected chi connectivity index (χ1v) is 4.31. The number of halogens is 2. The summed E-state index contributed by atoms with van der Waals surface area (Å²) in [6.45, 7) is 1.90. The van der Waals surface area contributed by atoms with Crippen LogP contribution in [0.1, 0.15) is 26.2 Å². The second kappa shape index (κ2) is 3.85. The fraction of sp³-hybridized carbons (Fsp3) is 0.667. The largest absolute Gasteiger partial charge is 0.446 e. The van der Waals surface area contributed by atoms with E-state index >= 15 is 0 Å². The van der Waals surface area contributed by atoms with Gasteiger partial charge < -0.3 is 4.74 Å². The molecule has 1 rings (SSSR count). The molecule has 0 saturated carbocycles. The minimum atomic E-state index is -2.64. The Kier molecular flexibility index (Phi) is 3.01. The number of carbonyl (C=O) groups excluding carboxylic acids is 1. The Balaban J connectivity index is 2.66. The molecule has 0 aromatic carbocycles. The van der Waals surface area contributed by atoms with Crippen LogP contribution in [0.5, 0.6) is 0 Å². The van der Waals surface area contributed by atoms with E-state index in [1.807, 2.05) is 6.92 Å². The highest BCUT2D eigenvalue weighted by molar-refractivity contribution is 5.85. The molecule has 1 heterocycles. The molecule has 0 spiro atoms. The molecule has 0 aromatic rings. The van der Waals surface area contributed by atoms with Crippen molar-refractivity contribution in [1.29, 1.82) is 0 Å². The maximum atomic E-state index is 12.6. The van der Waals surface area contributed by atoms with Crippen LogP contribution in [0.2, 0.25) is 0 Å². The van der Waals surface area contributed by atoms with Crippen LogP contribution < -0.4 is 0 Å². The predicted molar refractivity (Wildman–Crippen MR) is 43.5 cm³/mol. The molecule has 74 valence electrons. The molecule has 4 heteroatoms. The van der Waals surface area contributed by atoms with Gasteiger partial charge in [-0.15, -0.1) is 0 Å². The van der Waals surface area contributed by atoms with E-state index in [1.54, 1.807) is 0 Å². The highest BCUT2D eigenvalue weighted by Gasteiger charge is 2.43. The summed E-state index contributed by atoms with van der Waals surface area (Å²) in [6, 6.07) is 0. The van der Waals surface area contributed by atoms with Crippen molar-refractivity contribution < 1.29 is 18.3 Å². The molecular weight excluding hydrogens is 178 g/mol. The Morgan fingerprint density at radius 2 is 2.31 bits per heavy atom. The van der Waals surface area contributed by atoms with Crippen molar-refractivity contribution in [1.82, 2.24) is 0 Å². The number of unbranched alkanes of at least 4 members (excludes halogenated alkanes) is 1. The van der Waals surface area contributed by atoms with Crippen molar-refractivity contribution in [3.8, 4) is 0 Å². The van der Waals surface area contributed by atoms with Gasteiger partial charge in [-0.05, 0) is 18.9 Å². The summed E-state index contributed by atoms with van der Waals surface area (Å²) in [5.41, 5.74) is -1.65. The minimum absolute atomic E-state index is 0.198. The van der Waals surface area contributed by atoms with Gasteiger partial charge in [0.05, 0.1) is 0 Å². The Hall–Kier alpha value is -0.930. The molecule has 2 nitrogen and oxygen atoms in total. The van der Waals surface area contributed by atoms with Gasteiger partial charge in [-0.2, -0.15) is 0 Å². The Morgan fingerprint density at radius 3 is 2.69 bits per heavy atom. The summed E-state index contributed by atoms with van der Waals surface area (Å²) in [4.78, 5) is 10.7. The number of hydrogen-bond donors (Lipinski definition) is 0. The van der Waals surface area contributed by atoms with Gasteiger partial charge >= 0.3 is 5.97 Å². The molecule has 1 atom stereocenters. The van der Waals surface area contributed by atoms with Crippen molar-refractivity contribution >= 4 is 5.97 Å². The summed E-state index contributed by atoms with van der Waals surface area (Å²) in [5.74, 6) is -0.670. The number of hydrogen-bond acceptors (Lipinski definition) is 2. The van der Waals surface area contributed by atoms with Crippen molar-refractivity contribution in [2.24, 2.45) is 0 Å². The molecule has 1 unspecified atom stereocenters. The zero-order valence-corrected chi connectivity index (χ0v) is 7.43. The Morgan fingerprint density at radius 1 is 1.62 bits per heavy atom. The van der Waals surface area contributed by atoms with E-state index in [4.69, 9.17) is 0 Å². The highest BCUT2D eigenvalue weighted by atomic mass is 19.3. The summed E-state index contributed by atoms with van der Waals surface area (Å²) in [5, 5.41) is 0. The van der Waals surface area contributed by atoms with E-state index in [-0.39, 0.29) is 6.42 Å². The Bertz CT molecular complexity index is 226. The van der Waals surface area contributed by atoms with E-state index in [1.165, 1.54) is 6.08 Å². The zero-order chi connectivity index (χ0) is 9.90. The summed E-state index contributed by atoms with van der Waals surface area (Å²) >= 11 is 0. The Labute approximate surface area is 75.6 Å². The monoisotopic (exact) mass is 190 g/mol. The highest BCUT2D eigenvalue weighted by Crippen LogP contribution is 2.32. The van der Waals surface area contributed by atoms with Crippen LogP contribution in [0.4, 0.5) is 8.78 Å². The van der Waals surface area contributed by atoms with Crippen LogP contribution in [0.15, 0.2) is 12.2 Å². The smallest absolute Gasteiger partial charge is 0.331 e. The third kappa shape index (κ3) is 2.05. The topological polar surface area (TPSA) is 26.3 Å². The van der Waals surface area contributed by atoms with Crippen LogP contribution in [-0.2, 0) is 9.53 Å². The van der Waals surface area contributed by atoms with Gasteiger partial charge in [-0.3, -0.25) is 0 Å². The van der Waals surface area contributed by atoms with Crippen molar-refractivity contribution in [3.63, 3.8) is 0 Å². The lowest BCUT2D eigenvalue weighted by molar-refractivity contribution is -0.159.